The fourth-order valence-corrected chi connectivity index (χ4v) is 4.07. The Morgan fingerprint density at radius 3 is 2.19 bits per heavy atom. The zero-order valence-corrected chi connectivity index (χ0v) is 16.9. The highest BCUT2D eigenvalue weighted by Gasteiger charge is 2.19. The van der Waals surface area contributed by atoms with Crippen LogP contribution in [0.25, 0.3) is 0 Å². The number of methoxy groups -OCH3 is 1. The average molecular weight is 391 g/mol. The number of ether oxygens (including phenoxy) is 1. The Labute approximate surface area is 161 Å². The van der Waals surface area contributed by atoms with Crippen LogP contribution in [0, 0.1) is 12.8 Å². The van der Waals surface area contributed by atoms with Gasteiger partial charge in [-0.3, -0.25) is 9.52 Å². The molecule has 7 heteroatoms. The standard InChI is InChI=1S/C20H26N2O4S/c1-5-15(6-2)20(23)21-17-8-7-14(3)19(13-17)27(24,25)22-16-9-11-18(26-4)12-10-16/h7-13,15,22H,5-6H2,1-4H3,(H,21,23). The van der Waals surface area contributed by atoms with E-state index in [9.17, 15) is 13.2 Å². The van der Waals surface area contributed by atoms with Crippen molar-refractivity contribution in [1.29, 1.82) is 0 Å². The highest BCUT2D eigenvalue weighted by Crippen LogP contribution is 2.24. The molecule has 2 rings (SSSR count). The Balaban J connectivity index is 2.26. The summed E-state index contributed by atoms with van der Waals surface area (Å²) in [6.45, 7) is 5.63. The van der Waals surface area contributed by atoms with E-state index in [0.717, 1.165) is 12.8 Å². The third-order valence-electron chi connectivity index (χ3n) is 4.44. The number of rotatable bonds is 8. The van der Waals surface area contributed by atoms with Gasteiger partial charge in [-0.15, -0.1) is 0 Å². The van der Waals surface area contributed by atoms with E-state index in [1.807, 2.05) is 13.8 Å². The lowest BCUT2D eigenvalue weighted by Gasteiger charge is -2.15. The molecule has 0 aromatic heterocycles. The minimum absolute atomic E-state index is 0.0937. The summed E-state index contributed by atoms with van der Waals surface area (Å²) in [7, 11) is -2.25. The minimum Gasteiger partial charge on any atom is -0.497 e. The fraction of sp³-hybridized carbons (Fsp3) is 0.350. The van der Waals surface area contributed by atoms with E-state index in [2.05, 4.69) is 10.0 Å². The molecule has 27 heavy (non-hydrogen) atoms. The number of carbonyl (C=O) groups excluding carboxylic acids is 1. The molecule has 0 aliphatic rings. The fourth-order valence-electron chi connectivity index (χ4n) is 2.74. The van der Waals surface area contributed by atoms with E-state index in [4.69, 9.17) is 4.74 Å². The van der Waals surface area contributed by atoms with E-state index in [-0.39, 0.29) is 16.7 Å². The van der Waals surface area contributed by atoms with Gasteiger partial charge in [0.1, 0.15) is 5.75 Å². The summed E-state index contributed by atoms with van der Waals surface area (Å²) in [5.74, 6) is 0.444. The number of hydrogen-bond donors (Lipinski definition) is 2. The summed E-state index contributed by atoms with van der Waals surface area (Å²) in [6.07, 6.45) is 1.47. The quantitative estimate of drug-likeness (QED) is 0.708. The molecule has 6 nitrogen and oxygen atoms in total. The summed E-state index contributed by atoms with van der Waals surface area (Å²) in [5, 5.41) is 2.81. The molecule has 2 N–H and O–H groups in total. The van der Waals surface area contributed by atoms with Crippen molar-refractivity contribution in [1.82, 2.24) is 0 Å². The van der Waals surface area contributed by atoms with Gasteiger partial charge < -0.3 is 10.1 Å². The van der Waals surface area contributed by atoms with Crippen LogP contribution in [-0.4, -0.2) is 21.4 Å². The summed E-state index contributed by atoms with van der Waals surface area (Å²) in [5.41, 5.74) is 1.49. The monoisotopic (exact) mass is 390 g/mol. The zero-order chi connectivity index (χ0) is 20.0. The maximum Gasteiger partial charge on any atom is 0.262 e. The summed E-state index contributed by atoms with van der Waals surface area (Å²) < 4.78 is 33.2. The van der Waals surface area contributed by atoms with Crippen molar-refractivity contribution < 1.29 is 17.9 Å². The predicted octanol–water partition coefficient (Wildman–Crippen LogP) is 4.18. The second kappa shape index (κ2) is 8.90. The van der Waals surface area contributed by atoms with Gasteiger partial charge in [-0.25, -0.2) is 8.42 Å². The second-order valence-corrected chi connectivity index (χ2v) is 7.97. The lowest BCUT2D eigenvalue weighted by molar-refractivity contribution is -0.120. The van der Waals surface area contributed by atoms with Gasteiger partial charge in [0, 0.05) is 17.3 Å². The van der Waals surface area contributed by atoms with Gasteiger partial charge in [0.05, 0.1) is 12.0 Å². The van der Waals surface area contributed by atoms with E-state index in [1.165, 1.54) is 6.07 Å². The van der Waals surface area contributed by atoms with E-state index < -0.39 is 10.0 Å². The molecule has 0 fully saturated rings. The molecule has 0 spiro atoms. The van der Waals surface area contributed by atoms with Crippen LogP contribution in [0.3, 0.4) is 0 Å². The van der Waals surface area contributed by atoms with Crippen LogP contribution in [-0.2, 0) is 14.8 Å². The van der Waals surface area contributed by atoms with Crippen molar-refractivity contribution in [2.45, 2.75) is 38.5 Å². The molecule has 1 amide bonds. The van der Waals surface area contributed by atoms with E-state index in [0.29, 0.717) is 22.7 Å². The molecule has 146 valence electrons. The first-order valence-electron chi connectivity index (χ1n) is 8.89. The molecule has 0 radical (unpaired) electrons. The number of sulfonamides is 1. The van der Waals surface area contributed by atoms with Crippen molar-refractivity contribution in [3.8, 4) is 5.75 Å². The normalized spacial score (nSPS) is 11.3. The molecule has 0 saturated heterocycles. The van der Waals surface area contributed by atoms with Crippen LogP contribution in [0.2, 0.25) is 0 Å². The molecule has 2 aromatic carbocycles. The van der Waals surface area contributed by atoms with E-state index >= 15 is 0 Å². The molecular formula is C20H26N2O4S. The molecule has 0 atom stereocenters. The minimum atomic E-state index is -3.80. The number of nitrogens with one attached hydrogen (secondary N) is 2. The number of carbonyl (C=O) groups is 1. The first kappa shape index (κ1) is 20.8. The van der Waals surface area contributed by atoms with Gasteiger partial charge in [0.2, 0.25) is 5.91 Å². The van der Waals surface area contributed by atoms with Crippen molar-refractivity contribution in [3.63, 3.8) is 0 Å². The molecule has 2 aromatic rings. The Kier molecular flexibility index (Phi) is 6.85. The molecular weight excluding hydrogens is 364 g/mol. The van der Waals surface area contributed by atoms with Crippen LogP contribution in [0.15, 0.2) is 47.4 Å². The molecule has 0 aliphatic carbocycles. The van der Waals surface area contributed by atoms with Gasteiger partial charge >= 0.3 is 0 Å². The van der Waals surface area contributed by atoms with E-state index in [1.54, 1.807) is 50.4 Å². The Bertz CT molecular complexity index is 889. The predicted molar refractivity (Wildman–Crippen MR) is 108 cm³/mol. The van der Waals surface area contributed by atoms with Crippen molar-refractivity contribution in [2.75, 3.05) is 17.1 Å². The SMILES string of the molecule is CCC(CC)C(=O)Nc1ccc(C)c(S(=O)(=O)Nc2ccc(OC)cc2)c1. The molecule has 0 aliphatic heterocycles. The van der Waals surface area contributed by atoms with Crippen LogP contribution in [0.1, 0.15) is 32.3 Å². The number of amides is 1. The van der Waals surface area contributed by atoms with Gasteiger partial charge in [-0.05, 0) is 61.7 Å². The Morgan fingerprint density at radius 2 is 1.63 bits per heavy atom. The van der Waals surface area contributed by atoms with Gasteiger partial charge in [0.25, 0.3) is 10.0 Å². The van der Waals surface area contributed by atoms with Gasteiger partial charge in [0.15, 0.2) is 0 Å². The lowest BCUT2D eigenvalue weighted by atomic mass is 10.0. The van der Waals surface area contributed by atoms with Gasteiger partial charge in [-0.2, -0.15) is 0 Å². The number of aryl methyl sites for hydroxylation is 1. The summed E-state index contributed by atoms with van der Waals surface area (Å²) in [6, 6.07) is 11.5. The average Bonchev–Trinajstić information content (AvgIpc) is 2.64. The smallest absolute Gasteiger partial charge is 0.262 e. The summed E-state index contributed by atoms with van der Waals surface area (Å²) >= 11 is 0. The maximum absolute atomic E-state index is 12.8. The first-order valence-corrected chi connectivity index (χ1v) is 10.4. The number of benzene rings is 2. The topological polar surface area (TPSA) is 84.5 Å². The molecule has 0 bridgehead atoms. The number of hydrogen-bond acceptors (Lipinski definition) is 4. The van der Waals surface area contributed by atoms with Gasteiger partial charge in [-0.1, -0.05) is 19.9 Å². The summed E-state index contributed by atoms with van der Waals surface area (Å²) in [4.78, 5) is 12.4. The van der Waals surface area contributed by atoms with Crippen LogP contribution < -0.4 is 14.8 Å². The zero-order valence-electron chi connectivity index (χ0n) is 16.1. The first-order chi connectivity index (χ1) is 12.8. The van der Waals surface area contributed by atoms with Crippen LogP contribution in [0.5, 0.6) is 5.75 Å². The van der Waals surface area contributed by atoms with Crippen molar-refractivity contribution >= 4 is 27.3 Å². The van der Waals surface area contributed by atoms with Crippen molar-refractivity contribution in [2.24, 2.45) is 5.92 Å². The molecule has 0 heterocycles. The maximum atomic E-state index is 12.8. The Hall–Kier alpha value is -2.54. The lowest BCUT2D eigenvalue weighted by Crippen LogP contribution is -2.22. The molecule has 0 saturated carbocycles. The van der Waals surface area contributed by atoms with Crippen LogP contribution in [0.4, 0.5) is 11.4 Å². The number of anilines is 2. The van der Waals surface area contributed by atoms with Crippen molar-refractivity contribution in [3.05, 3.63) is 48.0 Å². The third-order valence-corrected chi connectivity index (χ3v) is 5.97. The highest BCUT2D eigenvalue weighted by atomic mass is 32.2. The second-order valence-electron chi connectivity index (χ2n) is 6.32. The highest BCUT2D eigenvalue weighted by molar-refractivity contribution is 7.92. The molecule has 0 unspecified atom stereocenters. The largest absolute Gasteiger partial charge is 0.497 e. The third kappa shape index (κ3) is 5.23. The van der Waals surface area contributed by atoms with Crippen LogP contribution >= 0.6 is 0 Å². The Morgan fingerprint density at radius 1 is 1.04 bits per heavy atom.